The number of benzene rings is 1. The third-order valence-corrected chi connectivity index (χ3v) is 3.24. The monoisotopic (exact) mass is 241 g/mol. The van der Waals surface area contributed by atoms with E-state index in [1.165, 1.54) is 0 Å². The molecule has 0 unspecified atom stereocenters. The molecule has 0 aliphatic carbocycles. The number of aryl methyl sites for hydroxylation is 1. The summed E-state index contributed by atoms with van der Waals surface area (Å²) in [6, 6.07) is 7.90. The van der Waals surface area contributed by atoms with Crippen molar-refractivity contribution in [1.82, 2.24) is 9.97 Å². The van der Waals surface area contributed by atoms with E-state index in [0.717, 1.165) is 39.7 Å². The van der Waals surface area contributed by atoms with Gasteiger partial charge < -0.3 is 15.5 Å². The molecule has 1 aromatic carbocycles. The van der Waals surface area contributed by atoms with Gasteiger partial charge in [-0.1, -0.05) is 19.1 Å². The van der Waals surface area contributed by atoms with Gasteiger partial charge in [-0.05, 0) is 18.6 Å². The van der Waals surface area contributed by atoms with Crippen molar-refractivity contribution < 1.29 is 4.74 Å². The number of fused-ring (bicyclic) bond motifs is 3. The van der Waals surface area contributed by atoms with E-state index in [4.69, 9.17) is 10.5 Å². The van der Waals surface area contributed by atoms with Crippen LogP contribution >= 0.6 is 0 Å². The summed E-state index contributed by atoms with van der Waals surface area (Å²) in [7, 11) is 1.67. The lowest BCUT2D eigenvalue weighted by Gasteiger charge is -2.00. The number of anilines is 1. The third-order valence-electron chi connectivity index (χ3n) is 3.24. The van der Waals surface area contributed by atoms with Crippen LogP contribution < -0.4 is 10.5 Å². The van der Waals surface area contributed by atoms with Gasteiger partial charge in [0.2, 0.25) is 0 Å². The van der Waals surface area contributed by atoms with Crippen LogP contribution in [0.3, 0.4) is 0 Å². The van der Waals surface area contributed by atoms with Gasteiger partial charge in [-0.3, -0.25) is 0 Å². The van der Waals surface area contributed by atoms with Crippen molar-refractivity contribution in [3.8, 4) is 5.75 Å². The van der Waals surface area contributed by atoms with E-state index < -0.39 is 0 Å². The Labute approximate surface area is 105 Å². The molecule has 0 aliphatic heterocycles. The normalized spacial score (nSPS) is 11.2. The highest BCUT2D eigenvalue weighted by molar-refractivity contribution is 6.10. The number of aromatic amines is 1. The maximum atomic E-state index is 5.86. The molecule has 4 nitrogen and oxygen atoms in total. The summed E-state index contributed by atoms with van der Waals surface area (Å²) in [6.07, 6.45) is 0.844. The van der Waals surface area contributed by atoms with Gasteiger partial charge in [-0.2, -0.15) is 0 Å². The Morgan fingerprint density at radius 1 is 1.28 bits per heavy atom. The average Bonchev–Trinajstić information content (AvgIpc) is 2.76. The largest absolute Gasteiger partial charge is 0.495 e. The van der Waals surface area contributed by atoms with E-state index in [9.17, 15) is 0 Å². The highest BCUT2D eigenvalue weighted by Gasteiger charge is 2.12. The van der Waals surface area contributed by atoms with E-state index in [1.807, 2.05) is 18.2 Å². The predicted molar refractivity (Wildman–Crippen MR) is 73.9 cm³/mol. The molecule has 0 spiro atoms. The number of rotatable bonds is 2. The number of hydrogen-bond donors (Lipinski definition) is 2. The van der Waals surface area contributed by atoms with Crippen molar-refractivity contribution in [3.63, 3.8) is 0 Å². The zero-order chi connectivity index (χ0) is 12.7. The van der Waals surface area contributed by atoms with Crippen molar-refractivity contribution in [2.45, 2.75) is 13.3 Å². The van der Waals surface area contributed by atoms with Crippen LogP contribution in [0.15, 0.2) is 24.3 Å². The van der Waals surface area contributed by atoms with E-state index in [1.54, 1.807) is 7.11 Å². The predicted octanol–water partition coefficient (Wildman–Crippen LogP) is 2.87. The number of aromatic nitrogens is 2. The zero-order valence-electron chi connectivity index (χ0n) is 10.4. The van der Waals surface area contributed by atoms with Crippen molar-refractivity contribution in [1.29, 1.82) is 0 Å². The van der Waals surface area contributed by atoms with Crippen molar-refractivity contribution in [2.24, 2.45) is 0 Å². The molecular formula is C14H15N3O. The number of para-hydroxylation sites is 1. The van der Waals surface area contributed by atoms with Crippen LogP contribution in [-0.4, -0.2) is 17.1 Å². The van der Waals surface area contributed by atoms with Gasteiger partial charge in [-0.25, -0.2) is 4.98 Å². The van der Waals surface area contributed by atoms with Gasteiger partial charge in [0, 0.05) is 10.8 Å². The van der Waals surface area contributed by atoms with Gasteiger partial charge in [0.1, 0.15) is 11.6 Å². The number of nitrogen functional groups attached to an aromatic ring is 1. The minimum atomic E-state index is 0.558. The number of nitrogens with zero attached hydrogens (tertiary/aromatic N) is 1. The molecule has 0 fully saturated rings. The molecule has 3 rings (SSSR count). The lowest BCUT2D eigenvalue weighted by Crippen LogP contribution is -1.95. The fourth-order valence-electron chi connectivity index (χ4n) is 2.41. The fraction of sp³-hybridized carbons (Fsp3) is 0.214. The minimum absolute atomic E-state index is 0.558. The molecule has 0 amide bonds. The maximum absolute atomic E-state index is 5.86. The summed E-state index contributed by atoms with van der Waals surface area (Å²) in [5.74, 6) is 1.40. The second kappa shape index (κ2) is 3.91. The molecule has 0 aliphatic rings. The molecule has 0 radical (unpaired) electrons. The van der Waals surface area contributed by atoms with Crippen LogP contribution in [0.1, 0.15) is 12.6 Å². The van der Waals surface area contributed by atoms with E-state index in [2.05, 4.69) is 23.0 Å². The molecule has 18 heavy (non-hydrogen) atoms. The minimum Gasteiger partial charge on any atom is -0.495 e. The van der Waals surface area contributed by atoms with Crippen molar-refractivity contribution >= 4 is 27.6 Å². The molecule has 3 N–H and O–H groups in total. The number of nitrogens with one attached hydrogen (secondary N) is 1. The lowest BCUT2D eigenvalue weighted by atomic mass is 10.1. The lowest BCUT2D eigenvalue weighted by molar-refractivity contribution is 0.419. The molecular weight excluding hydrogens is 226 g/mol. The molecule has 0 saturated heterocycles. The van der Waals surface area contributed by atoms with Gasteiger partial charge in [-0.15, -0.1) is 0 Å². The maximum Gasteiger partial charge on any atom is 0.142 e. The highest BCUT2D eigenvalue weighted by atomic mass is 16.5. The van der Waals surface area contributed by atoms with Crippen LogP contribution in [-0.2, 0) is 6.42 Å². The molecule has 0 bridgehead atoms. The summed E-state index contributed by atoms with van der Waals surface area (Å²) < 4.78 is 5.38. The van der Waals surface area contributed by atoms with E-state index in [-0.39, 0.29) is 0 Å². The van der Waals surface area contributed by atoms with Gasteiger partial charge in [0.05, 0.1) is 23.8 Å². The number of H-pyrrole nitrogens is 1. The molecule has 0 saturated carbocycles. The number of pyridine rings is 1. The summed E-state index contributed by atoms with van der Waals surface area (Å²) >= 11 is 0. The number of hydrogen-bond acceptors (Lipinski definition) is 3. The molecule has 4 heteroatoms. The fourth-order valence-corrected chi connectivity index (χ4v) is 2.41. The summed E-state index contributed by atoms with van der Waals surface area (Å²) in [5.41, 5.74) is 8.90. The summed E-state index contributed by atoms with van der Waals surface area (Å²) in [4.78, 5) is 7.78. The number of ether oxygens (including phenoxy) is 1. The first kappa shape index (κ1) is 10.9. The Bertz CT molecular complexity index is 731. The van der Waals surface area contributed by atoms with Crippen LogP contribution in [0.2, 0.25) is 0 Å². The Morgan fingerprint density at radius 2 is 2.11 bits per heavy atom. The average molecular weight is 241 g/mol. The van der Waals surface area contributed by atoms with Crippen LogP contribution in [0.5, 0.6) is 5.75 Å². The van der Waals surface area contributed by atoms with Crippen LogP contribution in [0.25, 0.3) is 21.8 Å². The SMILES string of the molecule is CCc1nc(N)cc2c1[nH]c1c(OC)cccc12. The smallest absolute Gasteiger partial charge is 0.142 e. The van der Waals surface area contributed by atoms with Crippen molar-refractivity contribution in [3.05, 3.63) is 30.0 Å². The van der Waals surface area contributed by atoms with Crippen LogP contribution in [0, 0.1) is 0 Å². The quantitative estimate of drug-likeness (QED) is 0.725. The third kappa shape index (κ3) is 1.42. The zero-order valence-corrected chi connectivity index (χ0v) is 10.4. The summed E-state index contributed by atoms with van der Waals surface area (Å²) in [6.45, 7) is 2.07. The Morgan fingerprint density at radius 3 is 2.83 bits per heavy atom. The topological polar surface area (TPSA) is 63.9 Å². The second-order valence-electron chi connectivity index (χ2n) is 4.28. The highest BCUT2D eigenvalue weighted by Crippen LogP contribution is 2.33. The van der Waals surface area contributed by atoms with Crippen LogP contribution in [0.4, 0.5) is 5.82 Å². The van der Waals surface area contributed by atoms with E-state index >= 15 is 0 Å². The molecule has 0 atom stereocenters. The summed E-state index contributed by atoms with van der Waals surface area (Å²) in [5, 5.41) is 2.22. The first-order valence-electron chi connectivity index (χ1n) is 5.98. The van der Waals surface area contributed by atoms with Gasteiger partial charge in [0.15, 0.2) is 0 Å². The second-order valence-corrected chi connectivity index (χ2v) is 4.28. The molecule has 92 valence electrons. The molecule has 2 heterocycles. The molecule has 2 aromatic heterocycles. The number of methoxy groups -OCH3 is 1. The Kier molecular flexibility index (Phi) is 2.37. The number of nitrogens with two attached hydrogens (primary N) is 1. The standard InChI is InChI=1S/C14H15N3O/c1-3-10-13-9(7-12(15)16-10)8-5-4-6-11(18-2)14(8)17-13/h4-7,17H,3H2,1-2H3,(H2,15,16). The van der Waals surface area contributed by atoms with Crippen molar-refractivity contribution in [2.75, 3.05) is 12.8 Å². The Hall–Kier alpha value is -2.23. The first-order chi connectivity index (χ1) is 8.74. The first-order valence-corrected chi connectivity index (χ1v) is 5.98. The van der Waals surface area contributed by atoms with Gasteiger partial charge in [0.25, 0.3) is 0 Å². The molecule has 3 aromatic rings. The van der Waals surface area contributed by atoms with Gasteiger partial charge >= 0.3 is 0 Å². The van der Waals surface area contributed by atoms with E-state index in [0.29, 0.717) is 5.82 Å². The Balaban J connectivity index is 2.50.